The number of carboxylic acids is 1. The van der Waals surface area contributed by atoms with Crippen LogP contribution in [0.3, 0.4) is 0 Å². The lowest BCUT2D eigenvalue weighted by atomic mass is 10.3. The van der Waals surface area contributed by atoms with E-state index in [2.05, 4.69) is 10.5 Å². The summed E-state index contributed by atoms with van der Waals surface area (Å²) in [6.45, 7) is 1.46. The molecular weight excluding hydrogens is 228 g/mol. The monoisotopic (exact) mass is 244 g/mol. The number of nitrogens with one attached hydrogen (secondary N) is 1. The van der Waals surface area contributed by atoms with Gasteiger partial charge in [-0.25, -0.2) is 4.79 Å². The Morgan fingerprint density at radius 2 is 2.41 bits per heavy atom. The van der Waals surface area contributed by atoms with E-state index in [0.29, 0.717) is 25.5 Å². The number of nitrogens with zero attached hydrogens (tertiary/aromatic N) is 1. The van der Waals surface area contributed by atoms with Gasteiger partial charge in [0.25, 0.3) is 0 Å². The molecule has 0 spiro atoms. The van der Waals surface area contributed by atoms with Crippen LogP contribution in [0, 0.1) is 0 Å². The smallest absolute Gasteiger partial charge is 0.358 e. The number of carboxylic acid groups (broad SMARTS) is 1. The summed E-state index contributed by atoms with van der Waals surface area (Å²) in [5, 5.41) is 15.1. The first-order valence-electron chi connectivity index (χ1n) is 5.08. The topological polar surface area (TPSA) is 93.8 Å². The number of methoxy groups -OCH3 is 2. The molecule has 0 bridgehead atoms. The first kappa shape index (κ1) is 13.6. The summed E-state index contributed by atoms with van der Waals surface area (Å²) in [5.41, 5.74) is -0.0954. The number of carbonyl (C=O) groups is 1. The van der Waals surface area contributed by atoms with Gasteiger partial charge in [-0.1, -0.05) is 5.16 Å². The van der Waals surface area contributed by atoms with Gasteiger partial charge < -0.3 is 24.4 Å². The first-order chi connectivity index (χ1) is 8.17. The molecule has 1 aromatic heterocycles. The average molecular weight is 244 g/mol. The van der Waals surface area contributed by atoms with Gasteiger partial charge in [0.1, 0.15) is 0 Å². The van der Waals surface area contributed by atoms with E-state index in [1.807, 2.05) is 0 Å². The van der Waals surface area contributed by atoms with Crippen molar-refractivity contribution < 1.29 is 23.9 Å². The third-order valence-corrected chi connectivity index (χ3v) is 2.14. The molecule has 2 N–H and O–H groups in total. The Bertz CT molecular complexity index is 352. The van der Waals surface area contributed by atoms with E-state index in [-0.39, 0.29) is 11.8 Å². The fourth-order valence-corrected chi connectivity index (χ4v) is 1.25. The molecule has 7 nitrogen and oxygen atoms in total. The van der Waals surface area contributed by atoms with E-state index in [0.717, 1.165) is 0 Å². The first-order valence-corrected chi connectivity index (χ1v) is 5.08. The van der Waals surface area contributed by atoms with E-state index >= 15 is 0 Å². The van der Waals surface area contributed by atoms with Crippen LogP contribution in [0.4, 0.5) is 0 Å². The van der Waals surface area contributed by atoms with Crippen LogP contribution in [0.25, 0.3) is 0 Å². The van der Waals surface area contributed by atoms with Crippen molar-refractivity contribution in [3.05, 3.63) is 17.5 Å². The third-order valence-electron chi connectivity index (χ3n) is 2.14. The maximum Gasteiger partial charge on any atom is 0.358 e. The normalized spacial score (nSPS) is 12.6. The quantitative estimate of drug-likeness (QED) is 0.671. The van der Waals surface area contributed by atoms with E-state index < -0.39 is 5.97 Å². The molecule has 0 saturated heterocycles. The summed E-state index contributed by atoms with van der Waals surface area (Å²) < 4.78 is 14.9. The molecule has 1 heterocycles. The molecule has 0 aliphatic rings. The van der Waals surface area contributed by atoms with Crippen LogP contribution in [-0.4, -0.2) is 49.7 Å². The molecule has 1 aromatic rings. The van der Waals surface area contributed by atoms with Gasteiger partial charge in [-0.3, -0.25) is 0 Å². The molecule has 1 unspecified atom stereocenters. The van der Waals surface area contributed by atoms with Crippen LogP contribution in [0.15, 0.2) is 10.6 Å². The highest BCUT2D eigenvalue weighted by atomic mass is 16.5. The number of rotatable bonds is 8. The molecule has 0 saturated carbocycles. The SMILES string of the molecule is COCC(CNCc1cc(C(=O)O)no1)OC. The highest BCUT2D eigenvalue weighted by Gasteiger charge is 2.11. The Morgan fingerprint density at radius 1 is 1.65 bits per heavy atom. The van der Waals surface area contributed by atoms with Crippen LogP contribution >= 0.6 is 0 Å². The van der Waals surface area contributed by atoms with E-state index in [1.165, 1.54) is 6.07 Å². The summed E-state index contributed by atoms with van der Waals surface area (Å²) in [5.74, 6) is -0.635. The third kappa shape index (κ3) is 4.51. The van der Waals surface area contributed by atoms with Gasteiger partial charge in [0.05, 0.1) is 19.3 Å². The molecule has 0 radical (unpaired) electrons. The van der Waals surface area contributed by atoms with Gasteiger partial charge in [-0.2, -0.15) is 0 Å². The molecule has 0 amide bonds. The highest BCUT2D eigenvalue weighted by Crippen LogP contribution is 2.03. The zero-order chi connectivity index (χ0) is 12.7. The molecule has 7 heteroatoms. The van der Waals surface area contributed by atoms with Crippen LogP contribution in [-0.2, 0) is 16.0 Å². The minimum Gasteiger partial charge on any atom is -0.476 e. The van der Waals surface area contributed by atoms with Crippen molar-refractivity contribution in [2.45, 2.75) is 12.6 Å². The number of hydrogen-bond acceptors (Lipinski definition) is 6. The summed E-state index contributed by atoms with van der Waals surface area (Å²) in [4.78, 5) is 10.5. The van der Waals surface area contributed by atoms with Crippen molar-refractivity contribution in [3.8, 4) is 0 Å². The van der Waals surface area contributed by atoms with Crippen LogP contribution in [0.5, 0.6) is 0 Å². The molecule has 96 valence electrons. The second kappa shape index (κ2) is 7.00. The molecule has 0 fully saturated rings. The van der Waals surface area contributed by atoms with E-state index in [4.69, 9.17) is 19.1 Å². The molecule has 1 rings (SSSR count). The standard InChI is InChI=1S/C10H16N2O5/c1-15-6-8(16-2)5-11-4-7-3-9(10(13)14)12-17-7/h3,8,11H,4-6H2,1-2H3,(H,13,14). The van der Waals surface area contributed by atoms with Gasteiger partial charge in [0.2, 0.25) is 0 Å². The van der Waals surface area contributed by atoms with Crippen LogP contribution < -0.4 is 5.32 Å². The summed E-state index contributed by atoms with van der Waals surface area (Å²) in [6.07, 6.45) is -0.0538. The Labute approximate surface area is 98.7 Å². The lowest BCUT2D eigenvalue weighted by Crippen LogP contribution is -2.31. The summed E-state index contributed by atoms with van der Waals surface area (Å²) in [7, 11) is 3.20. The van der Waals surface area contributed by atoms with E-state index in [1.54, 1.807) is 14.2 Å². The fourth-order valence-electron chi connectivity index (χ4n) is 1.25. The molecule has 0 aliphatic heterocycles. The lowest BCUT2D eigenvalue weighted by Gasteiger charge is -2.14. The zero-order valence-corrected chi connectivity index (χ0v) is 9.80. The molecular formula is C10H16N2O5. The predicted octanol–water partition coefficient (Wildman–Crippen LogP) is 0.124. The molecule has 0 aliphatic carbocycles. The van der Waals surface area contributed by atoms with Crippen molar-refractivity contribution in [1.29, 1.82) is 0 Å². The second-order valence-corrected chi connectivity index (χ2v) is 3.43. The van der Waals surface area contributed by atoms with Crippen molar-refractivity contribution in [1.82, 2.24) is 10.5 Å². The zero-order valence-electron chi connectivity index (χ0n) is 9.80. The lowest BCUT2D eigenvalue weighted by molar-refractivity contribution is 0.0285. The Hall–Kier alpha value is -1.44. The Kier molecular flexibility index (Phi) is 5.61. The largest absolute Gasteiger partial charge is 0.476 e. The average Bonchev–Trinajstić information content (AvgIpc) is 2.77. The van der Waals surface area contributed by atoms with E-state index in [9.17, 15) is 4.79 Å². The minimum absolute atomic E-state index is 0.0538. The van der Waals surface area contributed by atoms with Crippen molar-refractivity contribution >= 4 is 5.97 Å². The van der Waals surface area contributed by atoms with Gasteiger partial charge in [0, 0.05) is 26.8 Å². The Morgan fingerprint density at radius 3 is 2.94 bits per heavy atom. The van der Waals surface area contributed by atoms with Crippen molar-refractivity contribution in [3.63, 3.8) is 0 Å². The Balaban J connectivity index is 2.32. The van der Waals surface area contributed by atoms with Crippen LogP contribution in [0.2, 0.25) is 0 Å². The van der Waals surface area contributed by atoms with Crippen LogP contribution in [0.1, 0.15) is 16.2 Å². The number of hydrogen-bond donors (Lipinski definition) is 2. The maximum atomic E-state index is 10.5. The van der Waals surface area contributed by atoms with Gasteiger partial charge in [-0.15, -0.1) is 0 Å². The second-order valence-electron chi connectivity index (χ2n) is 3.43. The van der Waals surface area contributed by atoms with Crippen molar-refractivity contribution in [2.75, 3.05) is 27.4 Å². The summed E-state index contributed by atoms with van der Waals surface area (Å²) >= 11 is 0. The fraction of sp³-hybridized carbons (Fsp3) is 0.600. The molecule has 1 atom stereocenters. The van der Waals surface area contributed by atoms with Gasteiger partial charge >= 0.3 is 5.97 Å². The number of aromatic nitrogens is 1. The highest BCUT2D eigenvalue weighted by molar-refractivity contribution is 5.85. The van der Waals surface area contributed by atoms with Gasteiger partial charge in [-0.05, 0) is 0 Å². The molecule has 17 heavy (non-hydrogen) atoms. The number of aromatic carboxylic acids is 1. The maximum absolute atomic E-state index is 10.5. The summed E-state index contributed by atoms with van der Waals surface area (Å²) in [6, 6.07) is 1.38. The van der Waals surface area contributed by atoms with Gasteiger partial charge in [0.15, 0.2) is 11.5 Å². The number of ether oxygens (including phenoxy) is 2. The molecule has 0 aromatic carbocycles. The van der Waals surface area contributed by atoms with Crippen molar-refractivity contribution in [2.24, 2.45) is 0 Å². The minimum atomic E-state index is -1.10. The predicted molar refractivity (Wildman–Crippen MR) is 57.8 cm³/mol.